The number of halogens is 1. The van der Waals surface area contributed by atoms with Crippen molar-refractivity contribution in [3.05, 3.63) is 53.8 Å². The standard InChI is InChI=1S/C19H21FN2O5/c1-12(27-15-7-5-14(20)6-8-15)19(24)22-21-18(23)11-13-4-9-16(25-2)17(10-13)26-3/h4-10,12H,11H2,1-3H3,(H,21,23)(H,22,24)/t12-/m0/s1. The average Bonchev–Trinajstić information content (AvgIpc) is 2.67. The predicted molar refractivity (Wildman–Crippen MR) is 96.0 cm³/mol. The van der Waals surface area contributed by atoms with Crippen LogP contribution in [0.25, 0.3) is 0 Å². The lowest BCUT2D eigenvalue weighted by atomic mass is 10.1. The van der Waals surface area contributed by atoms with Crippen molar-refractivity contribution in [3.8, 4) is 17.2 Å². The molecule has 0 radical (unpaired) electrons. The highest BCUT2D eigenvalue weighted by atomic mass is 19.1. The molecule has 0 unspecified atom stereocenters. The van der Waals surface area contributed by atoms with Crippen molar-refractivity contribution in [2.24, 2.45) is 0 Å². The molecule has 0 aliphatic rings. The van der Waals surface area contributed by atoms with E-state index >= 15 is 0 Å². The Morgan fingerprint density at radius 1 is 1.00 bits per heavy atom. The number of hydrogen-bond donors (Lipinski definition) is 2. The Morgan fingerprint density at radius 2 is 1.67 bits per heavy atom. The first kappa shape index (κ1) is 20.0. The molecule has 2 N–H and O–H groups in total. The summed E-state index contributed by atoms with van der Waals surface area (Å²) in [5.41, 5.74) is 5.30. The van der Waals surface area contributed by atoms with Gasteiger partial charge in [-0.3, -0.25) is 20.4 Å². The Bertz CT molecular complexity index is 795. The van der Waals surface area contributed by atoms with Crippen LogP contribution >= 0.6 is 0 Å². The van der Waals surface area contributed by atoms with Crippen molar-refractivity contribution in [1.82, 2.24) is 10.9 Å². The number of benzene rings is 2. The van der Waals surface area contributed by atoms with Gasteiger partial charge in [-0.05, 0) is 48.9 Å². The van der Waals surface area contributed by atoms with Crippen LogP contribution in [0.15, 0.2) is 42.5 Å². The lowest BCUT2D eigenvalue weighted by Gasteiger charge is -2.15. The number of methoxy groups -OCH3 is 2. The van der Waals surface area contributed by atoms with Crippen LogP contribution in [-0.2, 0) is 16.0 Å². The Morgan fingerprint density at radius 3 is 2.30 bits per heavy atom. The smallest absolute Gasteiger partial charge is 0.279 e. The average molecular weight is 376 g/mol. The molecule has 2 amide bonds. The lowest BCUT2D eigenvalue weighted by Crippen LogP contribution is -2.47. The quantitative estimate of drug-likeness (QED) is 0.722. The Labute approximate surface area is 156 Å². The second-order valence-electron chi connectivity index (χ2n) is 5.62. The fourth-order valence-electron chi connectivity index (χ4n) is 2.22. The van der Waals surface area contributed by atoms with Gasteiger partial charge in [-0.15, -0.1) is 0 Å². The minimum absolute atomic E-state index is 0.0356. The lowest BCUT2D eigenvalue weighted by molar-refractivity contribution is -0.132. The van der Waals surface area contributed by atoms with E-state index in [0.29, 0.717) is 22.8 Å². The maximum absolute atomic E-state index is 12.9. The highest BCUT2D eigenvalue weighted by molar-refractivity contribution is 5.85. The van der Waals surface area contributed by atoms with Crippen LogP contribution in [0.1, 0.15) is 12.5 Å². The normalized spacial score (nSPS) is 11.3. The minimum atomic E-state index is -0.878. The second kappa shape index (κ2) is 9.42. The van der Waals surface area contributed by atoms with Crippen molar-refractivity contribution in [3.63, 3.8) is 0 Å². The van der Waals surface area contributed by atoms with Crippen molar-refractivity contribution in [2.75, 3.05) is 14.2 Å². The Hall–Kier alpha value is -3.29. The summed E-state index contributed by atoms with van der Waals surface area (Å²) in [7, 11) is 3.03. The first-order valence-electron chi connectivity index (χ1n) is 8.14. The molecule has 0 aliphatic heterocycles. The fourth-order valence-corrected chi connectivity index (χ4v) is 2.22. The molecule has 27 heavy (non-hydrogen) atoms. The number of nitrogens with one attached hydrogen (secondary N) is 2. The van der Waals surface area contributed by atoms with Crippen LogP contribution in [0.3, 0.4) is 0 Å². The van der Waals surface area contributed by atoms with Gasteiger partial charge in [-0.2, -0.15) is 0 Å². The summed E-state index contributed by atoms with van der Waals surface area (Å²) < 4.78 is 28.6. The van der Waals surface area contributed by atoms with E-state index in [1.165, 1.54) is 45.4 Å². The number of ether oxygens (including phenoxy) is 3. The largest absolute Gasteiger partial charge is 0.493 e. The summed E-state index contributed by atoms with van der Waals surface area (Å²) in [4.78, 5) is 24.0. The molecule has 0 aromatic heterocycles. The first-order valence-corrected chi connectivity index (χ1v) is 8.14. The van der Waals surface area contributed by atoms with Gasteiger partial charge in [0.05, 0.1) is 20.6 Å². The second-order valence-corrected chi connectivity index (χ2v) is 5.62. The highest BCUT2D eigenvalue weighted by Crippen LogP contribution is 2.27. The zero-order valence-electron chi connectivity index (χ0n) is 15.2. The van der Waals surface area contributed by atoms with Gasteiger partial charge in [-0.1, -0.05) is 6.07 Å². The maximum atomic E-state index is 12.9. The summed E-state index contributed by atoms with van der Waals surface area (Å²) >= 11 is 0. The van der Waals surface area contributed by atoms with E-state index in [2.05, 4.69) is 10.9 Å². The molecule has 0 aliphatic carbocycles. The predicted octanol–water partition coefficient (Wildman–Crippen LogP) is 2.00. The van der Waals surface area contributed by atoms with E-state index in [4.69, 9.17) is 14.2 Å². The molecular weight excluding hydrogens is 355 g/mol. The van der Waals surface area contributed by atoms with E-state index in [1.54, 1.807) is 18.2 Å². The zero-order chi connectivity index (χ0) is 19.8. The topological polar surface area (TPSA) is 85.9 Å². The molecule has 2 rings (SSSR count). The summed E-state index contributed by atoms with van der Waals surface area (Å²) in [6.07, 6.45) is -0.842. The summed E-state index contributed by atoms with van der Waals surface area (Å²) in [5.74, 6) is 0.0528. The number of hydrazine groups is 1. The van der Waals surface area contributed by atoms with E-state index in [-0.39, 0.29) is 6.42 Å². The van der Waals surface area contributed by atoms with Crippen molar-refractivity contribution in [2.45, 2.75) is 19.4 Å². The molecule has 0 saturated heterocycles. The molecule has 0 saturated carbocycles. The zero-order valence-corrected chi connectivity index (χ0v) is 15.2. The van der Waals surface area contributed by atoms with Crippen LogP contribution in [0.4, 0.5) is 4.39 Å². The van der Waals surface area contributed by atoms with Gasteiger partial charge in [0, 0.05) is 0 Å². The van der Waals surface area contributed by atoms with E-state index in [9.17, 15) is 14.0 Å². The third-order valence-corrected chi connectivity index (χ3v) is 3.63. The van der Waals surface area contributed by atoms with Gasteiger partial charge >= 0.3 is 0 Å². The van der Waals surface area contributed by atoms with Gasteiger partial charge in [0.25, 0.3) is 5.91 Å². The van der Waals surface area contributed by atoms with Gasteiger partial charge < -0.3 is 14.2 Å². The van der Waals surface area contributed by atoms with Crippen LogP contribution < -0.4 is 25.1 Å². The van der Waals surface area contributed by atoms with Gasteiger partial charge in [0.1, 0.15) is 11.6 Å². The molecule has 144 valence electrons. The number of rotatable bonds is 7. The summed E-state index contributed by atoms with van der Waals surface area (Å²) in [5, 5.41) is 0. The third-order valence-electron chi connectivity index (χ3n) is 3.63. The minimum Gasteiger partial charge on any atom is -0.493 e. The molecule has 0 heterocycles. The van der Waals surface area contributed by atoms with E-state index in [0.717, 1.165) is 0 Å². The monoisotopic (exact) mass is 376 g/mol. The number of carbonyl (C=O) groups is 2. The van der Waals surface area contributed by atoms with Crippen LogP contribution in [0.2, 0.25) is 0 Å². The Kier molecular flexibility index (Phi) is 6.99. The van der Waals surface area contributed by atoms with E-state index < -0.39 is 23.7 Å². The van der Waals surface area contributed by atoms with Gasteiger partial charge in [-0.25, -0.2) is 4.39 Å². The molecule has 0 spiro atoms. The number of hydrogen-bond acceptors (Lipinski definition) is 5. The molecule has 7 nitrogen and oxygen atoms in total. The van der Waals surface area contributed by atoms with Crippen molar-refractivity contribution < 1.29 is 28.2 Å². The molecule has 2 aromatic carbocycles. The fraction of sp³-hybridized carbons (Fsp3) is 0.263. The molecule has 2 aromatic rings. The number of amides is 2. The SMILES string of the molecule is COc1ccc(CC(=O)NNC(=O)[C@H](C)Oc2ccc(F)cc2)cc1OC. The van der Waals surface area contributed by atoms with Crippen LogP contribution in [0, 0.1) is 5.82 Å². The molecular formula is C19H21FN2O5. The summed E-state index contributed by atoms with van der Waals surface area (Å²) in [6, 6.07) is 10.4. The summed E-state index contributed by atoms with van der Waals surface area (Å²) in [6.45, 7) is 1.51. The highest BCUT2D eigenvalue weighted by Gasteiger charge is 2.16. The van der Waals surface area contributed by atoms with Gasteiger partial charge in [0.15, 0.2) is 17.6 Å². The molecule has 1 atom stereocenters. The first-order chi connectivity index (χ1) is 12.9. The van der Waals surface area contributed by atoms with Crippen molar-refractivity contribution in [1.29, 1.82) is 0 Å². The Balaban J connectivity index is 1.83. The number of carbonyl (C=O) groups excluding carboxylic acids is 2. The van der Waals surface area contributed by atoms with Crippen LogP contribution in [0.5, 0.6) is 17.2 Å². The van der Waals surface area contributed by atoms with Crippen LogP contribution in [-0.4, -0.2) is 32.1 Å². The van der Waals surface area contributed by atoms with Gasteiger partial charge in [0.2, 0.25) is 5.91 Å². The maximum Gasteiger partial charge on any atom is 0.279 e. The van der Waals surface area contributed by atoms with E-state index in [1.807, 2.05) is 0 Å². The van der Waals surface area contributed by atoms with Crippen molar-refractivity contribution >= 4 is 11.8 Å². The molecule has 0 bridgehead atoms. The molecule has 8 heteroatoms. The third kappa shape index (κ3) is 5.88. The molecule has 0 fully saturated rings.